The molecule has 0 atom stereocenters. The molecule has 13 heteroatoms. The molecule has 39 heavy (non-hydrogen) atoms. The van der Waals surface area contributed by atoms with Gasteiger partial charge in [-0.2, -0.15) is 28.7 Å². The number of anilines is 4. The van der Waals surface area contributed by atoms with Gasteiger partial charge in [-0.15, -0.1) is 0 Å². The Morgan fingerprint density at radius 2 is 1.33 bits per heavy atom. The Kier molecular flexibility index (Phi) is 8.71. The maximum absolute atomic E-state index is 14.7. The van der Waals surface area contributed by atoms with Crippen LogP contribution in [0, 0.1) is 34.3 Å². The highest BCUT2D eigenvalue weighted by atomic mass is 19.4. The number of halogens is 5. The molecule has 3 aromatic carbocycles. The number of rotatable bonds is 5. The summed E-state index contributed by atoms with van der Waals surface area (Å²) in [6.45, 7) is 0. The molecular formula is C26H15F5N6O2. The van der Waals surface area contributed by atoms with Crippen molar-refractivity contribution in [1.29, 1.82) is 10.5 Å². The lowest BCUT2D eigenvalue weighted by molar-refractivity contribution is -0.192. The number of hydrogen-bond donors (Lipinski definition) is 3. The number of alkyl halides is 3. The lowest BCUT2D eigenvalue weighted by atomic mass is 10.0. The van der Waals surface area contributed by atoms with Gasteiger partial charge in [0.1, 0.15) is 23.1 Å². The zero-order valence-corrected chi connectivity index (χ0v) is 19.5. The van der Waals surface area contributed by atoms with E-state index in [2.05, 4.69) is 20.6 Å². The van der Waals surface area contributed by atoms with E-state index in [-0.39, 0.29) is 17.5 Å². The van der Waals surface area contributed by atoms with E-state index in [9.17, 15) is 22.0 Å². The van der Waals surface area contributed by atoms with E-state index in [1.807, 2.05) is 12.1 Å². The molecule has 4 rings (SSSR count). The van der Waals surface area contributed by atoms with Crippen LogP contribution in [0.2, 0.25) is 0 Å². The molecule has 0 aliphatic carbocycles. The predicted octanol–water partition coefficient (Wildman–Crippen LogP) is 6.29. The van der Waals surface area contributed by atoms with E-state index < -0.39 is 23.8 Å². The fourth-order valence-electron chi connectivity index (χ4n) is 2.97. The molecule has 0 aliphatic heterocycles. The Hall–Kier alpha value is -5.56. The van der Waals surface area contributed by atoms with Crippen molar-refractivity contribution in [3.8, 4) is 23.3 Å². The molecule has 8 nitrogen and oxygen atoms in total. The number of carboxylic acid groups (broad SMARTS) is 1. The number of benzene rings is 3. The highest BCUT2D eigenvalue weighted by molar-refractivity contribution is 5.73. The largest absolute Gasteiger partial charge is 0.490 e. The third-order valence-corrected chi connectivity index (χ3v) is 4.81. The average Bonchev–Trinajstić information content (AvgIpc) is 2.91. The van der Waals surface area contributed by atoms with Crippen LogP contribution in [0.1, 0.15) is 11.1 Å². The highest BCUT2D eigenvalue weighted by Gasteiger charge is 2.38. The van der Waals surface area contributed by atoms with Gasteiger partial charge in [0.2, 0.25) is 5.95 Å². The van der Waals surface area contributed by atoms with Crippen LogP contribution < -0.4 is 10.6 Å². The van der Waals surface area contributed by atoms with Crippen LogP contribution in [0.25, 0.3) is 11.1 Å². The first-order valence-electron chi connectivity index (χ1n) is 10.7. The number of hydrogen-bond acceptors (Lipinski definition) is 7. The molecule has 1 aromatic heterocycles. The summed E-state index contributed by atoms with van der Waals surface area (Å²) in [6.07, 6.45) is -3.64. The number of nitrogens with zero attached hydrogens (tertiary/aromatic N) is 4. The third kappa shape index (κ3) is 7.71. The fourth-order valence-corrected chi connectivity index (χ4v) is 2.97. The van der Waals surface area contributed by atoms with Gasteiger partial charge in [0.05, 0.1) is 23.3 Å². The minimum absolute atomic E-state index is 0.195. The van der Waals surface area contributed by atoms with E-state index in [1.54, 1.807) is 48.5 Å². The smallest absolute Gasteiger partial charge is 0.475 e. The summed E-state index contributed by atoms with van der Waals surface area (Å²) in [5.41, 5.74) is 2.23. The van der Waals surface area contributed by atoms with Gasteiger partial charge in [0.15, 0.2) is 0 Å². The van der Waals surface area contributed by atoms with Crippen LogP contribution in [-0.4, -0.2) is 27.2 Å². The minimum Gasteiger partial charge on any atom is -0.475 e. The summed E-state index contributed by atoms with van der Waals surface area (Å²) in [4.78, 5) is 17.2. The van der Waals surface area contributed by atoms with Gasteiger partial charge >= 0.3 is 12.1 Å². The molecule has 0 spiro atoms. The van der Waals surface area contributed by atoms with Crippen molar-refractivity contribution in [1.82, 2.24) is 9.97 Å². The van der Waals surface area contributed by atoms with Crippen molar-refractivity contribution >= 4 is 29.1 Å². The normalized spacial score (nSPS) is 10.3. The van der Waals surface area contributed by atoms with Gasteiger partial charge in [-0.1, -0.05) is 12.1 Å². The quantitative estimate of drug-likeness (QED) is 0.253. The summed E-state index contributed by atoms with van der Waals surface area (Å²) >= 11 is 0. The average molecular weight is 538 g/mol. The topological polar surface area (TPSA) is 135 Å². The van der Waals surface area contributed by atoms with Crippen LogP contribution in [0.15, 0.2) is 72.9 Å². The summed E-state index contributed by atoms with van der Waals surface area (Å²) < 4.78 is 61.1. The molecule has 0 radical (unpaired) electrons. The summed E-state index contributed by atoms with van der Waals surface area (Å²) in [5.74, 6) is -3.92. The third-order valence-electron chi connectivity index (χ3n) is 4.81. The summed E-state index contributed by atoms with van der Waals surface area (Å²) in [6, 6.07) is 21.1. The fraction of sp³-hybridized carbons (Fsp3) is 0.0385. The van der Waals surface area contributed by atoms with Gasteiger partial charge in [0.25, 0.3) is 0 Å². The van der Waals surface area contributed by atoms with Crippen molar-refractivity contribution in [3.63, 3.8) is 0 Å². The zero-order valence-electron chi connectivity index (χ0n) is 19.5. The Bertz CT molecular complexity index is 1540. The molecule has 0 aliphatic rings. The van der Waals surface area contributed by atoms with Crippen LogP contribution in [-0.2, 0) is 4.79 Å². The van der Waals surface area contributed by atoms with Crippen LogP contribution in [0.4, 0.5) is 45.1 Å². The Morgan fingerprint density at radius 1 is 0.821 bits per heavy atom. The van der Waals surface area contributed by atoms with Gasteiger partial charge in [-0.05, 0) is 65.7 Å². The standard InChI is InChI=1S/C24H14F2N6.C2HF3O2/c25-20-11-18(17-5-1-15(13-27)2-6-17)12-21(26)23(20)31-22-9-10-29-24(32-22)30-19-7-3-16(14-28)4-8-19;3-2(4,5)1(6)7/h1-12H,(H2,29,30,31,32);(H,6,7). The van der Waals surface area contributed by atoms with Crippen molar-refractivity contribution in [2.24, 2.45) is 0 Å². The first-order chi connectivity index (χ1) is 18.5. The van der Waals surface area contributed by atoms with E-state index >= 15 is 0 Å². The first kappa shape index (κ1) is 28.0. The lowest BCUT2D eigenvalue weighted by Crippen LogP contribution is -2.21. The maximum atomic E-state index is 14.7. The molecule has 0 saturated heterocycles. The first-order valence-corrected chi connectivity index (χ1v) is 10.7. The van der Waals surface area contributed by atoms with Crippen LogP contribution in [0.3, 0.4) is 0 Å². The predicted molar refractivity (Wildman–Crippen MR) is 130 cm³/mol. The summed E-state index contributed by atoms with van der Waals surface area (Å²) in [7, 11) is 0. The number of nitriles is 2. The second-order valence-corrected chi connectivity index (χ2v) is 7.51. The number of carbonyl (C=O) groups is 1. The van der Waals surface area contributed by atoms with E-state index in [4.69, 9.17) is 20.4 Å². The van der Waals surface area contributed by atoms with Crippen LogP contribution >= 0.6 is 0 Å². The maximum Gasteiger partial charge on any atom is 0.490 e. The Balaban J connectivity index is 0.000000532. The van der Waals surface area contributed by atoms with Crippen molar-refractivity contribution in [3.05, 3.63) is 95.7 Å². The molecule has 0 saturated carbocycles. The summed E-state index contributed by atoms with van der Waals surface area (Å²) in [5, 5.41) is 30.5. The lowest BCUT2D eigenvalue weighted by Gasteiger charge is -2.12. The van der Waals surface area contributed by atoms with Gasteiger partial charge in [-0.25, -0.2) is 18.6 Å². The highest BCUT2D eigenvalue weighted by Crippen LogP contribution is 2.29. The zero-order chi connectivity index (χ0) is 28.6. The molecule has 4 aromatic rings. The van der Waals surface area contributed by atoms with Gasteiger partial charge < -0.3 is 15.7 Å². The second-order valence-electron chi connectivity index (χ2n) is 7.51. The van der Waals surface area contributed by atoms with Gasteiger partial charge in [-0.3, -0.25) is 0 Å². The Labute approximate surface area is 217 Å². The number of carboxylic acids is 1. The molecule has 1 heterocycles. The molecule has 0 bridgehead atoms. The number of aromatic nitrogens is 2. The molecule has 0 unspecified atom stereocenters. The SMILES string of the molecule is N#Cc1ccc(Nc2nccc(Nc3c(F)cc(-c4ccc(C#N)cc4)cc3F)n2)cc1.O=C(O)C(F)(F)F. The second kappa shape index (κ2) is 12.1. The van der Waals surface area contributed by atoms with Crippen molar-refractivity contribution < 1.29 is 31.9 Å². The van der Waals surface area contributed by atoms with Crippen LogP contribution in [0.5, 0.6) is 0 Å². The van der Waals surface area contributed by atoms with Crippen molar-refractivity contribution in [2.45, 2.75) is 6.18 Å². The molecular weight excluding hydrogens is 523 g/mol. The molecule has 0 fully saturated rings. The van der Waals surface area contributed by atoms with Gasteiger partial charge in [0, 0.05) is 11.9 Å². The van der Waals surface area contributed by atoms with E-state index in [0.29, 0.717) is 27.9 Å². The number of aliphatic carboxylic acids is 1. The molecule has 196 valence electrons. The van der Waals surface area contributed by atoms with E-state index in [0.717, 1.165) is 0 Å². The van der Waals surface area contributed by atoms with E-state index in [1.165, 1.54) is 24.4 Å². The van der Waals surface area contributed by atoms with Crippen molar-refractivity contribution in [2.75, 3.05) is 10.6 Å². The molecule has 0 amide bonds. The molecule has 3 N–H and O–H groups in total. The number of nitrogens with one attached hydrogen (secondary N) is 2. The Morgan fingerprint density at radius 3 is 1.82 bits per heavy atom. The minimum atomic E-state index is -5.08. The monoisotopic (exact) mass is 538 g/mol.